The number of hydrogen-bond acceptors (Lipinski definition) is 3. The van der Waals surface area contributed by atoms with Gasteiger partial charge in [-0.3, -0.25) is 0 Å². The molecule has 0 fully saturated rings. The Labute approximate surface area is 110 Å². The van der Waals surface area contributed by atoms with Gasteiger partial charge in [-0.25, -0.2) is 0 Å². The van der Waals surface area contributed by atoms with E-state index in [1.165, 1.54) is 9.79 Å². The first-order valence-electron chi connectivity index (χ1n) is 4.78. The van der Waals surface area contributed by atoms with Crippen molar-refractivity contribution in [2.75, 3.05) is 0 Å². The molecule has 0 saturated carbocycles. The molecule has 0 heterocycles. The lowest BCUT2D eigenvalue weighted by Crippen LogP contribution is -1.65. The molecule has 2 aromatic carbocycles. The summed E-state index contributed by atoms with van der Waals surface area (Å²) in [4.78, 5) is 2.51. The lowest BCUT2D eigenvalue weighted by Gasteiger charge is -2.03. The second kappa shape index (κ2) is 6.41. The van der Waals surface area contributed by atoms with Crippen LogP contribution in [0.2, 0.25) is 0 Å². The highest BCUT2D eigenvalue weighted by atomic mass is 33.2. The largest absolute Gasteiger partial charge is 0.0622 e. The van der Waals surface area contributed by atoms with Gasteiger partial charge in [0.2, 0.25) is 0 Å². The Morgan fingerprint density at radius 1 is 0.688 bits per heavy atom. The Kier molecular flexibility index (Phi) is 4.86. The molecule has 0 aliphatic rings. The van der Waals surface area contributed by atoms with Crippen LogP contribution in [-0.2, 0) is 11.8 Å². The number of rotatable bonds is 4. The maximum atomic E-state index is 5.49. The summed E-state index contributed by atoms with van der Waals surface area (Å²) < 4.78 is 0. The zero-order chi connectivity index (χ0) is 11.2. The van der Waals surface area contributed by atoms with Crippen LogP contribution in [0.3, 0.4) is 0 Å². The van der Waals surface area contributed by atoms with Crippen molar-refractivity contribution in [2.24, 2.45) is 0 Å². The highest BCUT2D eigenvalue weighted by Gasteiger charge is 2.01. The zero-order valence-electron chi connectivity index (χ0n) is 8.45. The normalized spacial score (nSPS) is 10.0. The fraction of sp³-hybridized carbons (Fsp3) is 0. The Hall–Kier alpha value is -0.340. The van der Waals surface area contributed by atoms with Crippen LogP contribution in [0.15, 0.2) is 70.5 Å². The van der Waals surface area contributed by atoms with Crippen molar-refractivity contribution in [3.8, 4) is 0 Å². The van der Waals surface area contributed by atoms with Crippen LogP contribution in [0.1, 0.15) is 0 Å². The van der Waals surface area contributed by atoms with Gasteiger partial charge < -0.3 is 0 Å². The summed E-state index contributed by atoms with van der Waals surface area (Å²) in [6, 6.07) is 20.7. The monoisotopic (exact) mass is 281 g/mol. The van der Waals surface area contributed by atoms with E-state index in [4.69, 9.17) is 11.8 Å². The van der Waals surface area contributed by atoms with Gasteiger partial charge in [0, 0.05) is 14.9 Å². The van der Waals surface area contributed by atoms with E-state index in [0.29, 0.717) is 0 Å². The van der Waals surface area contributed by atoms with Crippen LogP contribution in [0, 0.1) is 0 Å². The Bertz CT molecular complexity index is 413. The number of hydrogen-bond donors (Lipinski definition) is 0. The Morgan fingerprint density at radius 2 is 1.06 bits per heavy atom. The summed E-state index contributed by atoms with van der Waals surface area (Å²) in [5.74, 6) is 0. The molecule has 81 valence electrons. The van der Waals surface area contributed by atoms with Crippen LogP contribution in [-0.4, -0.2) is 0 Å². The Balaban J connectivity index is 1.95. The van der Waals surface area contributed by atoms with Crippen LogP contribution < -0.4 is 0 Å². The van der Waals surface area contributed by atoms with Crippen molar-refractivity contribution in [1.82, 2.24) is 0 Å². The molecular weight excluding hydrogens is 271 g/mol. The summed E-state index contributed by atoms with van der Waals surface area (Å²) in [7, 11) is 0. The molecule has 16 heavy (non-hydrogen) atoms. The minimum absolute atomic E-state index is 0.516. The van der Waals surface area contributed by atoms with Crippen LogP contribution in [0.25, 0.3) is 0 Å². The third kappa shape index (κ3) is 3.91. The van der Waals surface area contributed by atoms with Crippen LogP contribution in [0.5, 0.6) is 0 Å². The lowest BCUT2D eigenvalue weighted by molar-refractivity contribution is 1.48. The second-order valence-corrected chi connectivity index (χ2v) is 11.2. The third-order valence-corrected chi connectivity index (χ3v) is 7.95. The Morgan fingerprint density at radius 3 is 1.44 bits per heavy atom. The fourth-order valence-electron chi connectivity index (χ4n) is 1.15. The van der Waals surface area contributed by atoms with Gasteiger partial charge in [0.1, 0.15) is 0 Å². The molecule has 2 rings (SSSR count). The van der Waals surface area contributed by atoms with Gasteiger partial charge in [-0.2, -0.15) is 0 Å². The SMILES string of the molecule is S=[P](Sc1ccccc1)Sc1ccccc1. The molecule has 1 radical (unpaired) electrons. The van der Waals surface area contributed by atoms with Crippen molar-refractivity contribution in [2.45, 2.75) is 9.79 Å². The van der Waals surface area contributed by atoms with E-state index in [-0.39, 0.29) is 0 Å². The highest BCUT2D eigenvalue weighted by Crippen LogP contribution is 2.57. The van der Waals surface area contributed by atoms with Crippen molar-refractivity contribution in [3.05, 3.63) is 60.7 Å². The fourth-order valence-corrected chi connectivity index (χ4v) is 7.40. The average molecular weight is 281 g/mol. The predicted octanol–water partition coefficient (Wildman–Crippen LogP) is 5.34. The van der Waals surface area contributed by atoms with E-state index in [0.717, 1.165) is 0 Å². The van der Waals surface area contributed by atoms with E-state index >= 15 is 0 Å². The van der Waals surface area contributed by atoms with Gasteiger partial charge in [0.05, 0.1) is 0 Å². The van der Waals surface area contributed by atoms with Gasteiger partial charge in [0.25, 0.3) is 0 Å². The molecule has 0 aliphatic heterocycles. The summed E-state index contributed by atoms with van der Waals surface area (Å²) in [5, 5.41) is -0.516. The molecule has 0 aliphatic carbocycles. The molecule has 2 aromatic rings. The van der Waals surface area contributed by atoms with Gasteiger partial charge in [0.15, 0.2) is 0 Å². The molecule has 0 bridgehead atoms. The first-order valence-corrected chi connectivity index (χ1v) is 9.98. The summed E-state index contributed by atoms with van der Waals surface area (Å²) in [6.45, 7) is 0. The third-order valence-electron chi connectivity index (χ3n) is 1.85. The van der Waals surface area contributed by atoms with Gasteiger partial charge in [-0.1, -0.05) is 59.2 Å². The summed E-state index contributed by atoms with van der Waals surface area (Å²) in [5.41, 5.74) is 0. The maximum Gasteiger partial charge on any atom is 0.0474 e. The van der Waals surface area contributed by atoms with Crippen LogP contribution in [0.4, 0.5) is 0 Å². The van der Waals surface area contributed by atoms with Gasteiger partial charge >= 0.3 is 0 Å². The van der Waals surface area contributed by atoms with E-state index in [1.807, 2.05) is 36.4 Å². The van der Waals surface area contributed by atoms with E-state index in [9.17, 15) is 0 Å². The summed E-state index contributed by atoms with van der Waals surface area (Å²) >= 11 is 9.05. The van der Waals surface area contributed by atoms with E-state index < -0.39 is 5.10 Å². The number of benzene rings is 2. The molecule has 0 nitrogen and oxygen atoms in total. The topological polar surface area (TPSA) is 0 Å². The molecule has 0 aromatic heterocycles. The predicted molar refractivity (Wildman–Crippen MR) is 78.9 cm³/mol. The van der Waals surface area contributed by atoms with E-state index in [2.05, 4.69) is 24.3 Å². The average Bonchev–Trinajstić information content (AvgIpc) is 2.31. The minimum atomic E-state index is -0.516. The van der Waals surface area contributed by atoms with Crippen molar-refractivity contribution in [3.63, 3.8) is 0 Å². The van der Waals surface area contributed by atoms with E-state index in [1.54, 1.807) is 22.8 Å². The molecule has 0 saturated heterocycles. The van der Waals surface area contributed by atoms with Gasteiger partial charge in [-0.15, -0.1) is 0 Å². The molecule has 0 spiro atoms. The quantitative estimate of drug-likeness (QED) is 0.694. The van der Waals surface area contributed by atoms with Crippen molar-refractivity contribution >= 4 is 39.7 Å². The van der Waals surface area contributed by atoms with Gasteiger partial charge in [-0.05, 0) is 36.1 Å². The maximum absolute atomic E-state index is 5.49. The smallest absolute Gasteiger partial charge is 0.0474 e. The van der Waals surface area contributed by atoms with Crippen LogP contribution >= 0.6 is 27.9 Å². The lowest BCUT2D eigenvalue weighted by atomic mass is 10.4. The van der Waals surface area contributed by atoms with Crippen molar-refractivity contribution in [1.29, 1.82) is 0 Å². The molecule has 0 amide bonds. The zero-order valence-corrected chi connectivity index (χ0v) is 11.8. The molecule has 4 heteroatoms. The second-order valence-electron chi connectivity index (χ2n) is 3.03. The minimum Gasteiger partial charge on any atom is -0.0622 e. The van der Waals surface area contributed by atoms with Crippen molar-refractivity contribution < 1.29 is 0 Å². The standard InChI is InChI=1S/C12H10PS3/c14-13(15-11-7-3-1-4-8-11)16-12-9-5-2-6-10-12/h1-10H. The molecule has 0 unspecified atom stereocenters. The molecular formula is C12H10PS3. The molecule has 0 N–H and O–H groups in total. The highest BCUT2D eigenvalue weighted by molar-refractivity contribution is 8.94. The molecule has 0 atom stereocenters. The summed E-state index contributed by atoms with van der Waals surface area (Å²) in [6.07, 6.45) is 0. The first-order chi connectivity index (χ1) is 7.84. The first kappa shape index (κ1) is 12.1.